The molecule has 0 spiro atoms. The molecule has 0 aliphatic heterocycles. The smallest absolute Gasteiger partial charge is 0.146 e. The summed E-state index contributed by atoms with van der Waals surface area (Å²) in [5.41, 5.74) is 0.621. The Morgan fingerprint density at radius 2 is 2.18 bits per heavy atom. The number of ketones is 1. The first-order valence-electron chi connectivity index (χ1n) is 6.25. The van der Waals surface area contributed by atoms with E-state index in [2.05, 4.69) is 18.8 Å². The van der Waals surface area contributed by atoms with Crippen molar-refractivity contribution in [3.05, 3.63) is 24.0 Å². The molecule has 3 heteroatoms. The van der Waals surface area contributed by atoms with Crippen molar-refractivity contribution in [2.45, 2.75) is 46.1 Å². The van der Waals surface area contributed by atoms with Crippen LogP contribution in [0.15, 0.2) is 18.3 Å². The minimum atomic E-state index is -0.262. The summed E-state index contributed by atoms with van der Waals surface area (Å²) in [4.78, 5) is 16.0. The highest BCUT2D eigenvalue weighted by Crippen LogP contribution is 2.45. The standard InChI is InChI=1S/C14H19NO2/c1-4-14(5-2)12(16)9-13(14)17-11-7-6-8-15-10(11)3/h6-8,13H,4-5,9H2,1-3H3. The Morgan fingerprint density at radius 1 is 1.47 bits per heavy atom. The summed E-state index contributed by atoms with van der Waals surface area (Å²) in [6, 6.07) is 3.78. The highest BCUT2D eigenvalue weighted by molar-refractivity contribution is 5.92. The van der Waals surface area contributed by atoms with Crippen LogP contribution in [-0.2, 0) is 4.79 Å². The maximum absolute atomic E-state index is 11.8. The first-order valence-corrected chi connectivity index (χ1v) is 6.25. The van der Waals surface area contributed by atoms with Gasteiger partial charge in [0.1, 0.15) is 17.6 Å². The molecule has 3 nitrogen and oxygen atoms in total. The van der Waals surface area contributed by atoms with Crippen molar-refractivity contribution in [3.63, 3.8) is 0 Å². The lowest BCUT2D eigenvalue weighted by Crippen LogP contribution is -2.56. The summed E-state index contributed by atoms with van der Waals surface area (Å²) in [5, 5.41) is 0. The van der Waals surface area contributed by atoms with Gasteiger partial charge in [0.2, 0.25) is 0 Å². The highest BCUT2D eigenvalue weighted by atomic mass is 16.5. The monoisotopic (exact) mass is 233 g/mol. The molecule has 1 fully saturated rings. The summed E-state index contributed by atoms with van der Waals surface area (Å²) < 4.78 is 5.97. The second kappa shape index (κ2) is 4.47. The Bertz CT molecular complexity index is 424. The molecule has 1 aliphatic rings. The maximum Gasteiger partial charge on any atom is 0.146 e. The second-order valence-electron chi connectivity index (χ2n) is 4.68. The van der Waals surface area contributed by atoms with E-state index >= 15 is 0 Å². The quantitative estimate of drug-likeness (QED) is 0.802. The van der Waals surface area contributed by atoms with Crippen molar-refractivity contribution < 1.29 is 9.53 Å². The minimum absolute atomic E-state index is 0.0212. The van der Waals surface area contributed by atoms with E-state index in [0.29, 0.717) is 12.2 Å². The average molecular weight is 233 g/mol. The predicted octanol–water partition coefficient (Wildman–Crippen LogP) is 2.92. The van der Waals surface area contributed by atoms with E-state index in [0.717, 1.165) is 24.3 Å². The zero-order valence-electron chi connectivity index (χ0n) is 10.7. The molecule has 92 valence electrons. The van der Waals surface area contributed by atoms with Crippen molar-refractivity contribution in [2.24, 2.45) is 5.41 Å². The summed E-state index contributed by atoms with van der Waals surface area (Å²) >= 11 is 0. The van der Waals surface area contributed by atoms with Crippen LogP contribution >= 0.6 is 0 Å². The number of nitrogens with zero attached hydrogens (tertiary/aromatic N) is 1. The van der Waals surface area contributed by atoms with Crippen LogP contribution in [0, 0.1) is 12.3 Å². The number of pyridine rings is 1. The number of carbonyl (C=O) groups excluding carboxylic acids is 1. The van der Waals surface area contributed by atoms with Crippen LogP contribution in [0.3, 0.4) is 0 Å². The molecule has 1 atom stereocenters. The first kappa shape index (κ1) is 12.1. The van der Waals surface area contributed by atoms with Crippen molar-refractivity contribution >= 4 is 5.78 Å². The number of aryl methyl sites for hydroxylation is 1. The van der Waals surface area contributed by atoms with Gasteiger partial charge in [0.25, 0.3) is 0 Å². The molecule has 0 radical (unpaired) electrons. The molecular formula is C14H19NO2. The average Bonchev–Trinajstić information content (AvgIpc) is 2.33. The molecule has 17 heavy (non-hydrogen) atoms. The largest absolute Gasteiger partial charge is 0.487 e. The van der Waals surface area contributed by atoms with Gasteiger partial charge in [0, 0.05) is 12.6 Å². The van der Waals surface area contributed by atoms with Crippen molar-refractivity contribution in [1.29, 1.82) is 0 Å². The van der Waals surface area contributed by atoms with Crippen LogP contribution < -0.4 is 4.74 Å². The van der Waals surface area contributed by atoms with Crippen molar-refractivity contribution in [1.82, 2.24) is 4.98 Å². The normalized spacial score (nSPS) is 22.1. The molecular weight excluding hydrogens is 214 g/mol. The molecule has 1 aromatic heterocycles. The van der Waals surface area contributed by atoms with E-state index in [1.165, 1.54) is 0 Å². The molecule has 0 bridgehead atoms. The van der Waals surface area contributed by atoms with Crippen LogP contribution in [0.25, 0.3) is 0 Å². The summed E-state index contributed by atoms with van der Waals surface area (Å²) in [7, 11) is 0. The minimum Gasteiger partial charge on any atom is -0.487 e. The molecule has 0 amide bonds. The third-order valence-electron chi connectivity index (χ3n) is 4.03. The van der Waals surface area contributed by atoms with Gasteiger partial charge < -0.3 is 4.74 Å². The van der Waals surface area contributed by atoms with Gasteiger partial charge in [-0.2, -0.15) is 0 Å². The lowest BCUT2D eigenvalue weighted by atomic mass is 9.61. The van der Waals surface area contributed by atoms with Crippen molar-refractivity contribution in [3.8, 4) is 5.75 Å². The van der Waals surface area contributed by atoms with E-state index in [1.807, 2.05) is 19.1 Å². The third kappa shape index (κ3) is 1.84. The van der Waals surface area contributed by atoms with Gasteiger partial charge in [-0.05, 0) is 31.9 Å². The van der Waals surface area contributed by atoms with Crippen LogP contribution in [0.4, 0.5) is 0 Å². The predicted molar refractivity (Wildman–Crippen MR) is 66.0 cm³/mol. The number of hydrogen-bond donors (Lipinski definition) is 0. The fraction of sp³-hybridized carbons (Fsp3) is 0.571. The second-order valence-corrected chi connectivity index (χ2v) is 4.68. The molecule has 1 aliphatic carbocycles. The lowest BCUT2D eigenvalue weighted by Gasteiger charge is -2.46. The summed E-state index contributed by atoms with van der Waals surface area (Å²) in [5.74, 6) is 1.14. The summed E-state index contributed by atoms with van der Waals surface area (Å²) in [6.07, 6.45) is 4.02. The molecule has 0 saturated heterocycles. The van der Waals surface area contributed by atoms with E-state index in [4.69, 9.17) is 4.74 Å². The molecule has 1 saturated carbocycles. The molecule has 0 N–H and O–H groups in total. The fourth-order valence-corrected chi connectivity index (χ4v) is 2.62. The SMILES string of the molecule is CCC1(CC)C(=O)CC1Oc1cccnc1C. The van der Waals surface area contributed by atoms with E-state index in [9.17, 15) is 4.79 Å². The van der Waals surface area contributed by atoms with E-state index < -0.39 is 0 Å². The molecule has 2 rings (SSSR count). The van der Waals surface area contributed by atoms with E-state index in [1.54, 1.807) is 6.20 Å². The zero-order valence-corrected chi connectivity index (χ0v) is 10.7. The van der Waals surface area contributed by atoms with Gasteiger partial charge in [-0.25, -0.2) is 0 Å². The van der Waals surface area contributed by atoms with Crippen LogP contribution in [-0.4, -0.2) is 16.9 Å². The van der Waals surface area contributed by atoms with Crippen LogP contribution in [0.1, 0.15) is 38.8 Å². The Kier molecular flexibility index (Phi) is 3.18. The third-order valence-corrected chi connectivity index (χ3v) is 4.03. The molecule has 1 unspecified atom stereocenters. The lowest BCUT2D eigenvalue weighted by molar-refractivity contribution is -0.153. The summed E-state index contributed by atoms with van der Waals surface area (Å²) in [6.45, 7) is 6.05. The zero-order chi connectivity index (χ0) is 12.5. The fourth-order valence-electron chi connectivity index (χ4n) is 2.62. The van der Waals surface area contributed by atoms with Crippen LogP contribution in [0.5, 0.6) is 5.75 Å². The van der Waals surface area contributed by atoms with Gasteiger partial charge in [-0.3, -0.25) is 9.78 Å². The Hall–Kier alpha value is -1.38. The Balaban J connectivity index is 2.16. The topological polar surface area (TPSA) is 39.2 Å². The Morgan fingerprint density at radius 3 is 2.71 bits per heavy atom. The highest BCUT2D eigenvalue weighted by Gasteiger charge is 2.53. The molecule has 0 aromatic carbocycles. The van der Waals surface area contributed by atoms with Gasteiger partial charge in [0.05, 0.1) is 11.1 Å². The van der Waals surface area contributed by atoms with Crippen LogP contribution in [0.2, 0.25) is 0 Å². The van der Waals surface area contributed by atoms with Gasteiger partial charge in [0.15, 0.2) is 0 Å². The van der Waals surface area contributed by atoms with Gasteiger partial charge >= 0.3 is 0 Å². The number of ether oxygens (including phenoxy) is 1. The van der Waals surface area contributed by atoms with E-state index in [-0.39, 0.29) is 11.5 Å². The number of hydrogen-bond acceptors (Lipinski definition) is 3. The maximum atomic E-state index is 11.8. The number of carbonyl (C=O) groups is 1. The number of Topliss-reactive ketones (excluding diaryl/α,β-unsaturated/α-hetero) is 1. The Labute approximate surface area is 102 Å². The first-order chi connectivity index (χ1) is 8.14. The van der Waals surface area contributed by atoms with Gasteiger partial charge in [-0.1, -0.05) is 13.8 Å². The molecule has 1 aromatic rings. The number of rotatable bonds is 4. The van der Waals surface area contributed by atoms with Gasteiger partial charge in [-0.15, -0.1) is 0 Å². The number of aromatic nitrogens is 1. The van der Waals surface area contributed by atoms with Crippen molar-refractivity contribution in [2.75, 3.05) is 0 Å². The molecule has 1 heterocycles.